The van der Waals surface area contributed by atoms with Crippen molar-refractivity contribution >= 4 is 0 Å². The lowest BCUT2D eigenvalue weighted by Gasteiger charge is -2.20. The smallest absolute Gasteiger partial charge is 0.129 e. The van der Waals surface area contributed by atoms with Crippen molar-refractivity contribution in [1.82, 2.24) is 0 Å². The standard InChI is InChI=1S/C15H16FNO/c1-10-7-8-13(16)12(9-10)15(18)14(17)11-5-3-2-4-6-11/h2-9,14-15,18H,17H2,1H3. The minimum atomic E-state index is -1.05. The Hall–Kier alpha value is -1.71. The monoisotopic (exact) mass is 245 g/mol. The lowest BCUT2D eigenvalue weighted by atomic mass is 9.95. The molecule has 2 unspecified atom stereocenters. The number of rotatable bonds is 3. The maximum Gasteiger partial charge on any atom is 0.129 e. The van der Waals surface area contributed by atoms with E-state index in [1.54, 1.807) is 12.1 Å². The third kappa shape index (κ3) is 2.58. The molecular weight excluding hydrogens is 229 g/mol. The highest BCUT2D eigenvalue weighted by Gasteiger charge is 2.21. The van der Waals surface area contributed by atoms with E-state index in [0.717, 1.165) is 11.1 Å². The van der Waals surface area contributed by atoms with Gasteiger partial charge in [0.1, 0.15) is 11.9 Å². The minimum absolute atomic E-state index is 0.242. The first-order chi connectivity index (χ1) is 8.59. The van der Waals surface area contributed by atoms with Crippen LogP contribution in [0.4, 0.5) is 4.39 Å². The number of halogens is 1. The average molecular weight is 245 g/mol. The zero-order valence-corrected chi connectivity index (χ0v) is 10.2. The third-order valence-electron chi connectivity index (χ3n) is 2.99. The van der Waals surface area contributed by atoms with Crippen molar-refractivity contribution in [3.05, 3.63) is 71.0 Å². The molecule has 0 bridgehead atoms. The van der Waals surface area contributed by atoms with E-state index in [2.05, 4.69) is 0 Å². The zero-order chi connectivity index (χ0) is 13.1. The van der Waals surface area contributed by atoms with Crippen LogP contribution in [0.2, 0.25) is 0 Å². The van der Waals surface area contributed by atoms with E-state index in [1.165, 1.54) is 6.07 Å². The molecule has 3 heteroatoms. The van der Waals surface area contributed by atoms with E-state index in [-0.39, 0.29) is 5.56 Å². The molecule has 2 aromatic carbocycles. The summed E-state index contributed by atoms with van der Waals surface area (Å²) in [6, 6.07) is 13.2. The molecule has 18 heavy (non-hydrogen) atoms. The van der Waals surface area contributed by atoms with Crippen LogP contribution in [0.5, 0.6) is 0 Å². The van der Waals surface area contributed by atoms with Crippen LogP contribution in [0, 0.1) is 12.7 Å². The number of nitrogens with two attached hydrogens (primary N) is 1. The van der Waals surface area contributed by atoms with Crippen molar-refractivity contribution in [3.8, 4) is 0 Å². The Labute approximate surface area is 106 Å². The Morgan fingerprint density at radius 1 is 1.11 bits per heavy atom. The second kappa shape index (κ2) is 5.29. The van der Waals surface area contributed by atoms with Gasteiger partial charge in [-0.1, -0.05) is 48.0 Å². The zero-order valence-electron chi connectivity index (χ0n) is 10.2. The molecule has 2 atom stereocenters. The van der Waals surface area contributed by atoms with Crippen molar-refractivity contribution in [2.75, 3.05) is 0 Å². The highest BCUT2D eigenvalue weighted by atomic mass is 19.1. The van der Waals surface area contributed by atoms with Crippen molar-refractivity contribution in [3.63, 3.8) is 0 Å². The second-order valence-corrected chi connectivity index (χ2v) is 4.41. The Bertz CT molecular complexity index is 527. The summed E-state index contributed by atoms with van der Waals surface area (Å²) in [5, 5.41) is 10.2. The van der Waals surface area contributed by atoms with E-state index in [4.69, 9.17) is 5.73 Å². The summed E-state index contributed by atoms with van der Waals surface area (Å²) in [5.74, 6) is -0.431. The molecule has 0 aliphatic heterocycles. The van der Waals surface area contributed by atoms with Crippen LogP contribution >= 0.6 is 0 Å². The van der Waals surface area contributed by atoms with Crippen molar-refractivity contribution < 1.29 is 9.50 Å². The van der Waals surface area contributed by atoms with E-state index in [0.29, 0.717) is 0 Å². The molecule has 0 amide bonds. The summed E-state index contributed by atoms with van der Waals surface area (Å²) < 4.78 is 13.7. The van der Waals surface area contributed by atoms with Gasteiger partial charge in [-0.25, -0.2) is 4.39 Å². The molecule has 0 saturated heterocycles. The number of aliphatic hydroxyl groups is 1. The molecule has 0 fully saturated rings. The van der Waals surface area contributed by atoms with Gasteiger partial charge in [-0.2, -0.15) is 0 Å². The molecule has 0 heterocycles. The first kappa shape index (κ1) is 12.7. The molecule has 0 saturated carbocycles. The van der Waals surface area contributed by atoms with Crippen LogP contribution in [0.3, 0.4) is 0 Å². The SMILES string of the molecule is Cc1ccc(F)c(C(O)C(N)c2ccccc2)c1. The van der Waals surface area contributed by atoms with Crippen LogP contribution in [0.15, 0.2) is 48.5 Å². The summed E-state index contributed by atoms with van der Waals surface area (Å²) in [6.45, 7) is 1.85. The predicted octanol–water partition coefficient (Wildman–Crippen LogP) is 2.87. The van der Waals surface area contributed by atoms with Crippen LogP contribution in [-0.4, -0.2) is 5.11 Å². The molecule has 3 N–H and O–H groups in total. The first-order valence-corrected chi connectivity index (χ1v) is 5.84. The molecule has 0 aliphatic rings. The van der Waals surface area contributed by atoms with Crippen LogP contribution in [-0.2, 0) is 0 Å². The van der Waals surface area contributed by atoms with Gasteiger partial charge in [0.25, 0.3) is 0 Å². The van der Waals surface area contributed by atoms with Gasteiger partial charge in [-0.15, -0.1) is 0 Å². The summed E-state index contributed by atoms with van der Waals surface area (Å²) in [4.78, 5) is 0. The highest BCUT2D eigenvalue weighted by Crippen LogP contribution is 2.28. The van der Waals surface area contributed by atoms with Gasteiger partial charge >= 0.3 is 0 Å². The lowest BCUT2D eigenvalue weighted by Crippen LogP contribution is -2.20. The second-order valence-electron chi connectivity index (χ2n) is 4.41. The molecule has 0 spiro atoms. The summed E-state index contributed by atoms with van der Waals surface area (Å²) in [7, 11) is 0. The van der Waals surface area contributed by atoms with Crippen molar-refractivity contribution in [2.24, 2.45) is 5.73 Å². The highest BCUT2D eigenvalue weighted by molar-refractivity contribution is 5.29. The predicted molar refractivity (Wildman–Crippen MR) is 69.5 cm³/mol. The van der Waals surface area contributed by atoms with Crippen LogP contribution in [0.25, 0.3) is 0 Å². The van der Waals surface area contributed by atoms with Gasteiger partial charge in [0.15, 0.2) is 0 Å². The van der Waals surface area contributed by atoms with Crippen LogP contribution < -0.4 is 5.73 Å². The number of hydrogen-bond acceptors (Lipinski definition) is 2. The van der Waals surface area contributed by atoms with Gasteiger partial charge in [-0.3, -0.25) is 0 Å². The largest absolute Gasteiger partial charge is 0.386 e. The number of hydrogen-bond donors (Lipinski definition) is 2. The molecule has 0 radical (unpaired) electrons. The first-order valence-electron chi connectivity index (χ1n) is 5.84. The Kier molecular flexibility index (Phi) is 3.75. The number of aliphatic hydroxyl groups excluding tert-OH is 1. The fourth-order valence-electron chi connectivity index (χ4n) is 1.94. The normalized spacial score (nSPS) is 14.2. The van der Waals surface area contributed by atoms with E-state index < -0.39 is 18.0 Å². The molecule has 2 nitrogen and oxygen atoms in total. The van der Waals surface area contributed by atoms with Crippen LogP contribution in [0.1, 0.15) is 28.8 Å². The third-order valence-corrected chi connectivity index (χ3v) is 2.99. The molecule has 94 valence electrons. The van der Waals surface area contributed by atoms with Gasteiger partial charge in [-0.05, 0) is 18.6 Å². The summed E-state index contributed by atoms with van der Waals surface area (Å²) in [6.07, 6.45) is -1.05. The summed E-state index contributed by atoms with van der Waals surface area (Å²) >= 11 is 0. The minimum Gasteiger partial charge on any atom is -0.386 e. The molecule has 2 rings (SSSR count). The number of aryl methyl sites for hydroxylation is 1. The van der Waals surface area contributed by atoms with Crippen molar-refractivity contribution in [1.29, 1.82) is 0 Å². The van der Waals surface area contributed by atoms with E-state index in [1.807, 2.05) is 37.3 Å². The van der Waals surface area contributed by atoms with Crippen molar-refractivity contribution in [2.45, 2.75) is 19.1 Å². The average Bonchev–Trinajstić information content (AvgIpc) is 2.41. The fourth-order valence-corrected chi connectivity index (χ4v) is 1.94. The molecular formula is C15H16FNO. The summed E-state index contributed by atoms with van der Waals surface area (Å²) in [5.41, 5.74) is 7.89. The quantitative estimate of drug-likeness (QED) is 0.873. The number of benzene rings is 2. The van der Waals surface area contributed by atoms with Gasteiger partial charge in [0.05, 0.1) is 6.04 Å². The fraction of sp³-hybridized carbons (Fsp3) is 0.200. The van der Waals surface area contributed by atoms with Gasteiger partial charge in [0, 0.05) is 5.56 Å². The van der Waals surface area contributed by atoms with Gasteiger partial charge in [0.2, 0.25) is 0 Å². The maximum absolute atomic E-state index is 13.7. The lowest BCUT2D eigenvalue weighted by molar-refractivity contribution is 0.142. The van der Waals surface area contributed by atoms with E-state index in [9.17, 15) is 9.50 Å². The Morgan fingerprint density at radius 2 is 1.78 bits per heavy atom. The van der Waals surface area contributed by atoms with Gasteiger partial charge < -0.3 is 10.8 Å². The topological polar surface area (TPSA) is 46.2 Å². The molecule has 2 aromatic rings. The van der Waals surface area contributed by atoms with E-state index >= 15 is 0 Å². The molecule has 0 aromatic heterocycles. The maximum atomic E-state index is 13.7. The Balaban J connectivity index is 2.31. The molecule has 0 aliphatic carbocycles. The Morgan fingerprint density at radius 3 is 2.44 bits per heavy atom.